The molecular formula is C29H38BrN3O5S. The van der Waals surface area contributed by atoms with E-state index in [9.17, 15) is 19.5 Å². The van der Waals surface area contributed by atoms with E-state index in [4.69, 9.17) is 4.74 Å². The van der Waals surface area contributed by atoms with Gasteiger partial charge in [0.25, 0.3) is 5.91 Å². The molecule has 3 unspecified atom stereocenters. The SMILES string of the molecule is C=CCN(CCC)C(=O)[C@H]1[C@H]2C(=O)N([C@H](C)CO)C(C(=O)N(CC=C)c3ccc(OC)cc3)C23CC(Br)[C@@H]1S3. The number of carbonyl (C=O) groups excluding carboxylic acids is 3. The highest BCUT2D eigenvalue weighted by molar-refractivity contribution is 9.09. The molecule has 212 valence electrons. The number of methoxy groups -OCH3 is 1. The van der Waals surface area contributed by atoms with Gasteiger partial charge in [0.2, 0.25) is 11.8 Å². The van der Waals surface area contributed by atoms with Crippen LogP contribution in [0.4, 0.5) is 5.69 Å². The molecule has 39 heavy (non-hydrogen) atoms. The Kier molecular flexibility index (Phi) is 9.18. The Morgan fingerprint density at radius 1 is 1.26 bits per heavy atom. The molecular weight excluding hydrogens is 582 g/mol. The van der Waals surface area contributed by atoms with Gasteiger partial charge in [0.05, 0.1) is 36.3 Å². The summed E-state index contributed by atoms with van der Waals surface area (Å²) >= 11 is 5.41. The van der Waals surface area contributed by atoms with Gasteiger partial charge >= 0.3 is 0 Å². The van der Waals surface area contributed by atoms with Crippen molar-refractivity contribution in [2.75, 3.05) is 38.3 Å². The second-order valence-electron chi connectivity index (χ2n) is 10.4. The van der Waals surface area contributed by atoms with E-state index < -0.39 is 28.7 Å². The van der Waals surface area contributed by atoms with Gasteiger partial charge in [0, 0.05) is 35.4 Å². The molecule has 4 rings (SSSR count). The summed E-state index contributed by atoms with van der Waals surface area (Å²) < 4.78 is 4.49. The molecule has 3 saturated heterocycles. The summed E-state index contributed by atoms with van der Waals surface area (Å²) in [5.74, 6) is -1.09. The fourth-order valence-electron chi connectivity index (χ4n) is 6.48. The van der Waals surface area contributed by atoms with Gasteiger partial charge in [-0.15, -0.1) is 24.9 Å². The van der Waals surface area contributed by atoms with Crippen LogP contribution < -0.4 is 9.64 Å². The maximum atomic E-state index is 14.5. The van der Waals surface area contributed by atoms with Crippen molar-refractivity contribution in [1.82, 2.24) is 9.80 Å². The van der Waals surface area contributed by atoms with Crippen LogP contribution in [0.5, 0.6) is 5.75 Å². The first kappa shape index (κ1) is 29.7. The number of ether oxygens (including phenoxy) is 1. The molecule has 3 amide bonds. The Hall–Kier alpha value is -2.30. The predicted molar refractivity (Wildman–Crippen MR) is 158 cm³/mol. The number of nitrogens with zero attached hydrogens (tertiary/aromatic N) is 3. The number of anilines is 1. The highest BCUT2D eigenvalue weighted by atomic mass is 79.9. The number of benzene rings is 1. The second kappa shape index (κ2) is 12.1. The van der Waals surface area contributed by atoms with Crippen LogP contribution in [0.15, 0.2) is 49.6 Å². The summed E-state index contributed by atoms with van der Waals surface area (Å²) in [4.78, 5) is 47.7. The van der Waals surface area contributed by atoms with E-state index in [1.807, 2.05) is 19.1 Å². The lowest BCUT2D eigenvalue weighted by atomic mass is 9.70. The summed E-state index contributed by atoms with van der Waals surface area (Å²) in [6.45, 7) is 12.4. The van der Waals surface area contributed by atoms with Gasteiger partial charge in [-0.25, -0.2) is 0 Å². The largest absolute Gasteiger partial charge is 0.497 e. The van der Waals surface area contributed by atoms with E-state index in [-0.39, 0.29) is 41.0 Å². The summed E-state index contributed by atoms with van der Waals surface area (Å²) in [7, 11) is 1.58. The van der Waals surface area contributed by atoms with Crippen LogP contribution >= 0.6 is 27.7 Å². The van der Waals surface area contributed by atoms with Crippen molar-refractivity contribution < 1.29 is 24.2 Å². The average Bonchev–Trinajstić information content (AvgIpc) is 3.53. The van der Waals surface area contributed by atoms with Gasteiger partial charge in [-0.3, -0.25) is 14.4 Å². The number of aliphatic hydroxyl groups excluding tert-OH is 1. The normalized spacial score (nSPS) is 29.6. The Morgan fingerprint density at radius 3 is 2.49 bits per heavy atom. The molecule has 3 fully saturated rings. The summed E-state index contributed by atoms with van der Waals surface area (Å²) in [5, 5.41) is 10.0. The number of aliphatic hydroxyl groups is 1. The zero-order valence-corrected chi connectivity index (χ0v) is 25.2. The number of likely N-dealkylation sites (tertiary alicyclic amines) is 1. The molecule has 0 radical (unpaired) electrons. The monoisotopic (exact) mass is 619 g/mol. The van der Waals surface area contributed by atoms with Gasteiger partial charge in [0.1, 0.15) is 11.8 Å². The van der Waals surface area contributed by atoms with E-state index in [0.717, 1.165) is 6.42 Å². The summed E-state index contributed by atoms with van der Waals surface area (Å²) in [5.41, 5.74) is 0.658. The molecule has 10 heteroatoms. The van der Waals surface area contributed by atoms with Crippen molar-refractivity contribution in [3.05, 3.63) is 49.6 Å². The molecule has 1 aromatic rings. The minimum atomic E-state index is -0.842. The van der Waals surface area contributed by atoms with Gasteiger partial charge in [-0.2, -0.15) is 0 Å². The van der Waals surface area contributed by atoms with Crippen LogP contribution in [-0.4, -0.2) is 92.9 Å². The molecule has 0 saturated carbocycles. The van der Waals surface area contributed by atoms with E-state index in [1.165, 1.54) is 0 Å². The van der Waals surface area contributed by atoms with Crippen molar-refractivity contribution in [1.29, 1.82) is 0 Å². The van der Waals surface area contributed by atoms with E-state index >= 15 is 0 Å². The van der Waals surface area contributed by atoms with Crippen LogP contribution in [0.3, 0.4) is 0 Å². The molecule has 0 aliphatic carbocycles. The zero-order valence-electron chi connectivity index (χ0n) is 22.8. The molecule has 1 aromatic carbocycles. The van der Waals surface area contributed by atoms with Gasteiger partial charge in [0.15, 0.2) is 0 Å². The minimum Gasteiger partial charge on any atom is -0.497 e. The number of hydrogen-bond donors (Lipinski definition) is 1. The van der Waals surface area contributed by atoms with E-state index in [1.54, 1.807) is 64.8 Å². The van der Waals surface area contributed by atoms with Crippen molar-refractivity contribution in [2.24, 2.45) is 11.8 Å². The number of alkyl halides is 1. The fraction of sp³-hybridized carbons (Fsp3) is 0.552. The quantitative estimate of drug-likeness (QED) is 0.285. The third-order valence-corrected chi connectivity index (χ3v) is 11.3. The topological polar surface area (TPSA) is 90.4 Å². The number of amides is 3. The Balaban J connectivity index is 1.80. The molecule has 3 aliphatic rings. The third kappa shape index (κ3) is 4.93. The number of hydrogen-bond acceptors (Lipinski definition) is 6. The maximum Gasteiger partial charge on any atom is 0.251 e. The Labute approximate surface area is 243 Å². The highest BCUT2D eigenvalue weighted by Crippen LogP contribution is 2.68. The summed E-state index contributed by atoms with van der Waals surface area (Å²) in [6, 6.07) is 5.76. The molecule has 0 aromatic heterocycles. The lowest BCUT2D eigenvalue weighted by Crippen LogP contribution is -2.57. The maximum absolute atomic E-state index is 14.5. The van der Waals surface area contributed by atoms with Gasteiger partial charge in [-0.05, 0) is 44.0 Å². The van der Waals surface area contributed by atoms with Crippen LogP contribution in [0.1, 0.15) is 26.7 Å². The number of halogens is 1. The van der Waals surface area contributed by atoms with Gasteiger partial charge in [-0.1, -0.05) is 35.0 Å². The van der Waals surface area contributed by atoms with Crippen LogP contribution in [0.25, 0.3) is 0 Å². The zero-order chi connectivity index (χ0) is 28.5. The smallest absolute Gasteiger partial charge is 0.251 e. The number of fused-ring (bicyclic) bond motifs is 1. The molecule has 3 aliphatic heterocycles. The molecule has 7 atom stereocenters. The third-order valence-electron chi connectivity index (χ3n) is 8.10. The van der Waals surface area contributed by atoms with Crippen molar-refractivity contribution >= 4 is 51.1 Å². The molecule has 1 spiro atoms. The first-order chi connectivity index (χ1) is 18.7. The first-order valence-electron chi connectivity index (χ1n) is 13.4. The molecule has 2 bridgehead atoms. The summed E-state index contributed by atoms with van der Waals surface area (Å²) in [6.07, 6.45) is 4.73. The highest BCUT2D eigenvalue weighted by Gasteiger charge is 2.76. The van der Waals surface area contributed by atoms with Crippen molar-refractivity contribution in [3.63, 3.8) is 0 Å². The van der Waals surface area contributed by atoms with E-state index in [0.29, 0.717) is 30.9 Å². The lowest BCUT2D eigenvalue weighted by molar-refractivity contribution is -0.145. The number of carbonyl (C=O) groups is 3. The predicted octanol–water partition coefficient (Wildman–Crippen LogP) is 3.48. The van der Waals surface area contributed by atoms with E-state index in [2.05, 4.69) is 29.1 Å². The van der Waals surface area contributed by atoms with Crippen molar-refractivity contribution in [3.8, 4) is 5.75 Å². The van der Waals surface area contributed by atoms with Crippen LogP contribution in [0, 0.1) is 11.8 Å². The number of thioether (sulfide) groups is 1. The number of rotatable bonds is 12. The molecule has 3 heterocycles. The second-order valence-corrected chi connectivity index (χ2v) is 13.2. The fourth-order valence-corrected chi connectivity index (χ4v) is 10.1. The molecule has 1 N–H and O–H groups in total. The first-order valence-corrected chi connectivity index (χ1v) is 15.2. The lowest BCUT2D eigenvalue weighted by Gasteiger charge is -2.39. The Bertz CT molecular complexity index is 1120. The minimum absolute atomic E-state index is 0.0266. The standard InChI is InChI=1S/C29H38BrN3O5S/c1-6-13-31(14-7-2)26(35)22-23-27(36)33(18(4)17-34)25(29(23)16-21(30)24(22)39-29)28(37)32(15-8-3)19-9-11-20(38-5)12-10-19/h6,8-12,18,21-25,34H,1,3,7,13-17H2,2,4-5H3/t18-,21?,22+,23+,24+,25?,29?/m1/s1. The average molecular weight is 621 g/mol. The Morgan fingerprint density at radius 2 is 1.92 bits per heavy atom. The molecule has 8 nitrogen and oxygen atoms in total. The van der Waals surface area contributed by atoms with Crippen LogP contribution in [-0.2, 0) is 14.4 Å². The van der Waals surface area contributed by atoms with Crippen molar-refractivity contribution in [2.45, 2.75) is 53.6 Å². The van der Waals surface area contributed by atoms with Gasteiger partial charge < -0.3 is 24.5 Å². The van der Waals surface area contributed by atoms with Crippen LogP contribution in [0.2, 0.25) is 0 Å².